The number of carbonyl (C=O) groups excluding carboxylic acids is 1. The summed E-state index contributed by atoms with van der Waals surface area (Å²) in [7, 11) is 1.44. The Morgan fingerprint density at radius 3 is 2.53 bits per heavy atom. The third-order valence-electron chi connectivity index (χ3n) is 3.34. The van der Waals surface area contributed by atoms with Crippen molar-refractivity contribution in [2.75, 3.05) is 0 Å². The molecule has 1 aliphatic carbocycles. The Hall–Kier alpha value is -0.590. The van der Waals surface area contributed by atoms with E-state index in [1.54, 1.807) is 0 Å². The second-order valence-electron chi connectivity index (χ2n) is 4.95. The van der Waals surface area contributed by atoms with Gasteiger partial charge < -0.3 is 5.32 Å². The minimum atomic E-state index is -3.84. The van der Waals surface area contributed by atoms with Crippen LogP contribution in [0.1, 0.15) is 36.5 Å². The predicted octanol–water partition coefficient (Wildman–Crippen LogP) is 3.05. The van der Waals surface area contributed by atoms with Gasteiger partial charge in [-0.15, -0.1) is 0 Å². The second kappa shape index (κ2) is 5.07. The van der Waals surface area contributed by atoms with Crippen LogP contribution in [0.25, 0.3) is 0 Å². The smallest absolute Gasteiger partial charge is 0.261 e. The maximum absolute atomic E-state index is 12.2. The maximum atomic E-state index is 12.2. The minimum Gasteiger partial charge on any atom is -0.347 e. The monoisotopic (exact) mass is 365 g/mol. The van der Waals surface area contributed by atoms with E-state index in [9.17, 15) is 13.2 Å². The van der Waals surface area contributed by atoms with E-state index in [2.05, 4.69) is 21.2 Å². The number of nitrogens with one attached hydrogen (secondary N) is 1. The van der Waals surface area contributed by atoms with Gasteiger partial charge in [0.1, 0.15) is 0 Å². The number of hydrogen-bond acceptors (Lipinski definition) is 3. The van der Waals surface area contributed by atoms with Crippen molar-refractivity contribution in [3.05, 3.63) is 28.2 Å². The molecule has 0 bridgehead atoms. The quantitative estimate of drug-likeness (QED) is 0.836. The fourth-order valence-electron chi connectivity index (χ4n) is 2.00. The third kappa shape index (κ3) is 3.30. The van der Waals surface area contributed by atoms with E-state index in [0.29, 0.717) is 4.47 Å². The standard InChI is InChI=1S/C12H13BrClNO3S/c1-12(5-2-6-12)15-11(16)9-7-8(19(14,17)18)3-4-10(9)13/h3-4,7H,2,5-6H2,1H3,(H,15,16). The zero-order valence-corrected chi connectivity index (χ0v) is 13.4. The van der Waals surface area contributed by atoms with Crippen molar-refractivity contribution in [1.82, 2.24) is 5.32 Å². The fraction of sp³-hybridized carbons (Fsp3) is 0.417. The highest BCUT2D eigenvalue weighted by molar-refractivity contribution is 9.10. The van der Waals surface area contributed by atoms with Gasteiger partial charge in [-0.3, -0.25) is 4.79 Å². The summed E-state index contributed by atoms with van der Waals surface area (Å²) in [5, 5.41) is 2.92. The van der Waals surface area contributed by atoms with Crippen molar-refractivity contribution in [3.63, 3.8) is 0 Å². The molecule has 0 aliphatic heterocycles. The lowest BCUT2D eigenvalue weighted by molar-refractivity contribution is 0.0849. The van der Waals surface area contributed by atoms with Crippen LogP contribution in [-0.2, 0) is 9.05 Å². The normalized spacial score (nSPS) is 17.6. The average molecular weight is 367 g/mol. The lowest BCUT2D eigenvalue weighted by atomic mass is 9.78. The number of hydrogen-bond donors (Lipinski definition) is 1. The van der Waals surface area contributed by atoms with Crippen molar-refractivity contribution in [3.8, 4) is 0 Å². The molecule has 1 aliphatic rings. The Morgan fingerprint density at radius 1 is 1.42 bits per heavy atom. The highest BCUT2D eigenvalue weighted by Gasteiger charge is 2.33. The lowest BCUT2D eigenvalue weighted by Crippen LogP contribution is -2.51. The Bertz CT molecular complexity index is 626. The molecule has 1 fully saturated rings. The van der Waals surface area contributed by atoms with Crippen molar-refractivity contribution in [2.45, 2.75) is 36.6 Å². The molecule has 1 aromatic carbocycles. The van der Waals surface area contributed by atoms with Crippen LogP contribution in [0.2, 0.25) is 0 Å². The zero-order valence-electron chi connectivity index (χ0n) is 10.2. The van der Waals surface area contributed by atoms with Gasteiger partial charge in [0.2, 0.25) is 0 Å². The first-order valence-electron chi connectivity index (χ1n) is 5.78. The molecule has 0 aromatic heterocycles. The number of amides is 1. The van der Waals surface area contributed by atoms with Crippen LogP contribution in [0.5, 0.6) is 0 Å². The molecule has 1 aromatic rings. The summed E-state index contributed by atoms with van der Waals surface area (Å²) >= 11 is 3.25. The molecular formula is C12H13BrClNO3S. The van der Waals surface area contributed by atoms with Crippen molar-refractivity contribution < 1.29 is 13.2 Å². The van der Waals surface area contributed by atoms with E-state index in [0.717, 1.165) is 19.3 Å². The minimum absolute atomic E-state index is 0.0821. The van der Waals surface area contributed by atoms with Gasteiger partial charge in [0, 0.05) is 20.7 Å². The number of benzene rings is 1. The SMILES string of the molecule is CC1(NC(=O)c2cc(S(=O)(=O)Cl)ccc2Br)CCC1. The van der Waals surface area contributed by atoms with E-state index in [1.165, 1.54) is 18.2 Å². The van der Waals surface area contributed by atoms with Gasteiger partial charge in [-0.2, -0.15) is 0 Å². The van der Waals surface area contributed by atoms with Crippen LogP contribution in [0.15, 0.2) is 27.6 Å². The summed E-state index contributed by atoms with van der Waals surface area (Å²) in [5.74, 6) is -0.295. The summed E-state index contributed by atoms with van der Waals surface area (Å²) in [6.07, 6.45) is 2.96. The summed E-state index contributed by atoms with van der Waals surface area (Å²) in [6.45, 7) is 1.98. The average Bonchev–Trinajstić information content (AvgIpc) is 2.25. The molecule has 0 saturated heterocycles. The molecule has 0 atom stereocenters. The highest BCUT2D eigenvalue weighted by atomic mass is 79.9. The summed E-state index contributed by atoms with van der Waals surface area (Å²) in [5.41, 5.74) is 0.0849. The van der Waals surface area contributed by atoms with E-state index in [-0.39, 0.29) is 21.9 Å². The fourth-order valence-corrected chi connectivity index (χ4v) is 3.21. The molecule has 1 amide bonds. The Balaban J connectivity index is 2.30. The predicted molar refractivity (Wildman–Crippen MR) is 76.9 cm³/mol. The second-order valence-corrected chi connectivity index (χ2v) is 8.37. The molecule has 0 spiro atoms. The van der Waals surface area contributed by atoms with Crippen LogP contribution >= 0.6 is 26.6 Å². The van der Waals surface area contributed by atoms with E-state index in [4.69, 9.17) is 10.7 Å². The molecule has 2 rings (SSSR count). The largest absolute Gasteiger partial charge is 0.347 e. The summed E-state index contributed by atoms with van der Waals surface area (Å²) < 4.78 is 23.1. The molecule has 0 radical (unpaired) electrons. The van der Waals surface area contributed by atoms with Gasteiger partial charge >= 0.3 is 0 Å². The Labute approximate surface area is 125 Å². The van der Waals surface area contributed by atoms with Crippen LogP contribution in [-0.4, -0.2) is 19.9 Å². The van der Waals surface area contributed by atoms with Crippen LogP contribution in [0.4, 0.5) is 0 Å². The molecule has 1 N–H and O–H groups in total. The molecule has 0 heterocycles. The van der Waals surface area contributed by atoms with Crippen molar-refractivity contribution in [2.24, 2.45) is 0 Å². The number of rotatable bonds is 3. The first-order valence-corrected chi connectivity index (χ1v) is 8.88. The van der Waals surface area contributed by atoms with E-state index in [1.807, 2.05) is 6.92 Å². The molecular weight excluding hydrogens is 354 g/mol. The first-order chi connectivity index (χ1) is 8.71. The Kier molecular flexibility index (Phi) is 3.95. The van der Waals surface area contributed by atoms with Crippen molar-refractivity contribution >= 4 is 41.6 Å². The molecule has 7 heteroatoms. The van der Waals surface area contributed by atoms with Crippen molar-refractivity contribution in [1.29, 1.82) is 0 Å². The zero-order chi connectivity index (χ0) is 14.3. The topological polar surface area (TPSA) is 63.2 Å². The number of carbonyl (C=O) groups is 1. The Morgan fingerprint density at radius 2 is 2.05 bits per heavy atom. The van der Waals surface area contributed by atoms with Gasteiger partial charge in [-0.1, -0.05) is 0 Å². The first kappa shape index (κ1) is 14.8. The van der Waals surface area contributed by atoms with Crippen LogP contribution < -0.4 is 5.32 Å². The van der Waals surface area contributed by atoms with Gasteiger partial charge in [0.25, 0.3) is 15.0 Å². The maximum Gasteiger partial charge on any atom is 0.261 e. The highest BCUT2D eigenvalue weighted by Crippen LogP contribution is 2.32. The molecule has 4 nitrogen and oxygen atoms in total. The molecule has 0 unspecified atom stereocenters. The summed E-state index contributed by atoms with van der Waals surface area (Å²) in [6, 6.07) is 4.14. The molecule has 1 saturated carbocycles. The van der Waals surface area contributed by atoms with Gasteiger partial charge in [-0.25, -0.2) is 8.42 Å². The number of halogens is 2. The van der Waals surface area contributed by atoms with Crippen LogP contribution in [0, 0.1) is 0 Å². The molecule has 19 heavy (non-hydrogen) atoms. The van der Waals surface area contributed by atoms with E-state index >= 15 is 0 Å². The van der Waals surface area contributed by atoms with E-state index < -0.39 is 9.05 Å². The third-order valence-corrected chi connectivity index (χ3v) is 5.38. The lowest BCUT2D eigenvalue weighted by Gasteiger charge is -2.39. The molecule has 104 valence electrons. The van der Waals surface area contributed by atoms with Gasteiger partial charge in [0.15, 0.2) is 0 Å². The van der Waals surface area contributed by atoms with Gasteiger partial charge in [-0.05, 0) is 60.3 Å². The van der Waals surface area contributed by atoms with Gasteiger partial charge in [0.05, 0.1) is 10.5 Å². The summed E-state index contributed by atoms with van der Waals surface area (Å²) in [4.78, 5) is 12.1. The van der Waals surface area contributed by atoms with Crippen LogP contribution in [0.3, 0.4) is 0 Å².